The molecular formula is C24H22FN5O2. The second-order valence-electron chi connectivity index (χ2n) is 8.12. The normalized spacial score (nSPS) is 15.8. The van der Waals surface area contributed by atoms with Crippen molar-refractivity contribution in [1.82, 2.24) is 25.5 Å². The van der Waals surface area contributed by atoms with E-state index in [1.165, 1.54) is 12.1 Å². The highest BCUT2D eigenvalue weighted by molar-refractivity contribution is 6.04. The minimum Gasteiger partial charge on any atom is -0.350 e. The first-order chi connectivity index (χ1) is 15.6. The van der Waals surface area contributed by atoms with Crippen molar-refractivity contribution < 1.29 is 9.18 Å². The molecule has 7 nitrogen and oxygen atoms in total. The maximum Gasteiger partial charge on any atom is 0.272 e. The lowest BCUT2D eigenvalue weighted by Gasteiger charge is -2.14. The molecule has 2 heterocycles. The first-order valence-electron chi connectivity index (χ1n) is 10.7. The summed E-state index contributed by atoms with van der Waals surface area (Å²) in [5.41, 5.74) is 3.21. The molecule has 0 saturated carbocycles. The van der Waals surface area contributed by atoms with E-state index in [0.29, 0.717) is 42.0 Å². The Morgan fingerprint density at radius 3 is 2.72 bits per heavy atom. The lowest BCUT2D eigenvalue weighted by Crippen LogP contribution is -2.30. The Labute approximate surface area is 183 Å². The number of H-pyrrole nitrogens is 2. The second kappa shape index (κ2) is 8.37. The predicted octanol–water partition coefficient (Wildman–Crippen LogP) is 3.38. The number of aromatic nitrogens is 4. The summed E-state index contributed by atoms with van der Waals surface area (Å²) in [6, 6.07) is 13.4. The van der Waals surface area contributed by atoms with Gasteiger partial charge < -0.3 is 10.3 Å². The number of para-hydroxylation sites is 1. The van der Waals surface area contributed by atoms with Gasteiger partial charge in [-0.05, 0) is 61.9 Å². The highest BCUT2D eigenvalue weighted by atomic mass is 19.1. The third-order valence-corrected chi connectivity index (χ3v) is 6.05. The van der Waals surface area contributed by atoms with E-state index in [1.54, 1.807) is 12.1 Å². The highest BCUT2D eigenvalue weighted by Gasteiger charge is 2.22. The molecule has 1 aliphatic carbocycles. The number of carbonyl (C=O) groups is 1. The Morgan fingerprint density at radius 1 is 1.09 bits per heavy atom. The Bertz CT molecular complexity index is 1340. The zero-order valence-electron chi connectivity index (χ0n) is 17.3. The number of halogens is 1. The molecule has 0 fully saturated rings. The molecule has 0 bridgehead atoms. The summed E-state index contributed by atoms with van der Waals surface area (Å²) in [4.78, 5) is 32.8. The van der Waals surface area contributed by atoms with Gasteiger partial charge in [0.1, 0.15) is 11.6 Å². The van der Waals surface area contributed by atoms with E-state index in [9.17, 15) is 14.0 Å². The minimum atomic E-state index is -0.335. The predicted molar refractivity (Wildman–Crippen MR) is 119 cm³/mol. The molecule has 1 atom stereocenters. The van der Waals surface area contributed by atoms with Crippen molar-refractivity contribution in [3.05, 3.63) is 81.7 Å². The molecule has 2 aromatic heterocycles. The first-order valence-corrected chi connectivity index (χ1v) is 10.7. The SMILES string of the molecule is O=C(NCC1CCc2nc(-c3ccc(F)cc3)[nH]c(=O)c2CC1)c1n[nH]c2ccccc12. The van der Waals surface area contributed by atoms with E-state index in [0.717, 1.165) is 29.4 Å². The third-order valence-electron chi connectivity index (χ3n) is 6.05. The minimum absolute atomic E-state index is 0.151. The number of amides is 1. The van der Waals surface area contributed by atoms with Crippen molar-refractivity contribution in [2.24, 2.45) is 5.92 Å². The number of rotatable bonds is 4. The monoisotopic (exact) mass is 431 g/mol. The third kappa shape index (κ3) is 3.91. The van der Waals surface area contributed by atoms with Crippen LogP contribution in [0.1, 0.15) is 34.6 Å². The summed E-state index contributed by atoms with van der Waals surface area (Å²) in [5, 5.41) is 10.8. The standard InChI is InChI=1S/C24H22FN5O2/c25-16-9-7-15(8-10-16)22-27-19-12-6-14(5-11-18(19)23(31)28-22)13-26-24(32)21-17-3-1-2-4-20(17)29-30-21/h1-4,7-10,14H,5-6,11-13H2,(H,26,32)(H,29,30)(H,27,28,31). The summed E-state index contributed by atoms with van der Waals surface area (Å²) >= 11 is 0. The van der Waals surface area contributed by atoms with E-state index in [-0.39, 0.29) is 23.2 Å². The maximum atomic E-state index is 13.2. The van der Waals surface area contributed by atoms with Gasteiger partial charge in [-0.3, -0.25) is 14.7 Å². The zero-order valence-corrected chi connectivity index (χ0v) is 17.3. The molecule has 1 unspecified atom stereocenters. The summed E-state index contributed by atoms with van der Waals surface area (Å²) in [6.07, 6.45) is 2.86. The van der Waals surface area contributed by atoms with E-state index >= 15 is 0 Å². The zero-order chi connectivity index (χ0) is 22.1. The van der Waals surface area contributed by atoms with E-state index in [4.69, 9.17) is 0 Å². The molecule has 0 spiro atoms. The van der Waals surface area contributed by atoms with Crippen LogP contribution in [-0.2, 0) is 12.8 Å². The number of benzene rings is 2. The fourth-order valence-electron chi connectivity index (χ4n) is 4.25. The summed E-state index contributed by atoms with van der Waals surface area (Å²) < 4.78 is 13.2. The fraction of sp³-hybridized carbons (Fsp3) is 0.250. The molecule has 4 aromatic rings. The van der Waals surface area contributed by atoms with Gasteiger partial charge in [0.05, 0.1) is 11.2 Å². The van der Waals surface area contributed by atoms with Crippen LogP contribution in [-0.4, -0.2) is 32.6 Å². The Balaban J connectivity index is 1.27. The number of nitrogens with zero attached hydrogens (tertiary/aromatic N) is 2. The maximum absolute atomic E-state index is 13.2. The van der Waals surface area contributed by atoms with Crippen LogP contribution >= 0.6 is 0 Å². The van der Waals surface area contributed by atoms with Crippen LogP contribution < -0.4 is 10.9 Å². The summed E-state index contributed by atoms with van der Waals surface area (Å²) in [5.74, 6) is 0.135. The van der Waals surface area contributed by atoms with Gasteiger partial charge in [0, 0.05) is 23.1 Å². The first kappa shape index (κ1) is 20.1. The number of nitrogens with one attached hydrogen (secondary N) is 3. The average Bonchev–Trinajstić information content (AvgIpc) is 3.12. The van der Waals surface area contributed by atoms with Crippen LogP contribution in [0.25, 0.3) is 22.3 Å². The van der Waals surface area contributed by atoms with Gasteiger partial charge in [0.15, 0.2) is 5.69 Å². The molecule has 8 heteroatoms. The van der Waals surface area contributed by atoms with Gasteiger partial charge in [0.2, 0.25) is 0 Å². The number of fused-ring (bicyclic) bond motifs is 2. The van der Waals surface area contributed by atoms with Gasteiger partial charge in [0.25, 0.3) is 11.5 Å². The Morgan fingerprint density at radius 2 is 1.88 bits per heavy atom. The molecule has 0 saturated heterocycles. The number of hydrogen-bond donors (Lipinski definition) is 3. The number of aryl methyl sites for hydroxylation is 1. The van der Waals surface area contributed by atoms with Crippen molar-refractivity contribution in [3.8, 4) is 11.4 Å². The lowest BCUT2D eigenvalue weighted by molar-refractivity contribution is 0.0942. The molecule has 2 aromatic carbocycles. The Hall–Kier alpha value is -3.81. The lowest BCUT2D eigenvalue weighted by atomic mass is 9.99. The molecule has 0 radical (unpaired) electrons. The molecule has 3 N–H and O–H groups in total. The average molecular weight is 431 g/mol. The van der Waals surface area contributed by atoms with Crippen LogP contribution in [0, 0.1) is 11.7 Å². The van der Waals surface area contributed by atoms with Crippen molar-refractivity contribution in [1.29, 1.82) is 0 Å². The smallest absolute Gasteiger partial charge is 0.272 e. The molecule has 1 amide bonds. The summed E-state index contributed by atoms with van der Waals surface area (Å²) in [6.45, 7) is 0.511. The van der Waals surface area contributed by atoms with Crippen molar-refractivity contribution in [2.45, 2.75) is 25.7 Å². The largest absolute Gasteiger partial charge is 0.350 e. The van der Waals surface area contributed by atoms with Gasteiger partial charge in [-0.15, -0.1) is 0 Å². The van der Waals surface area contributed by atoms with Gasteiger partial charge in [-0.2, -0.15) is 5.10 Å². The van der Waals surface area contributed by atoms with E-state index < -0.39 is 0 Å². The van der Waals surface area contributed by atoms with Gasteiger partial charge in [-0.1, -0.05) is 18.2 Å². The fourth-order valence-corrected chi connectivity index (χ4v) is 4.25. The van der Waals surface area contributed by atoms with Crippen LogP contribution in [0.2, 0.25) is 0 Å². The van der Waals surface area contributed by atoms with Gasteiger partial charge >= 0.3 is 0 Å². The molecule has 0 aliphatic heterocycles. The molecule has 32 heavy (non-hydrogen) atoms. The molecule has 1 aliphatic rings. The number of carbonyl (C=O) groups excluding carboxylic acids is 1. The number of hydrogen-bond acceptors (Lipinski definition) is 4. The van der Waals surface area contributed by atoms with Crippen molar-refractivity contribution in [3.63, 3.8) is 0 Å². The van der Waals surface area contributed by atoms with E-state index in [2.05, 4.69) is 25.5 Å². The van der Waals surface area contributed by atoms with Gasteiger partial charge in [-0.25, -0.2) is 9.37 Å². The molecule has 5 rings (SSSR count). The highest BCUT2D eigenvalue weighted by Crippen LogP contribution is 2.23. The van der Waals surface area contributed by atoms with Crippen molar-refractivity contribution >= 4 is 16.8 Å². The topological polar surface area (TPSA) is 104 Å². The Kier molecular flexibility index (Phi) is 5.26. The molecule has 162 valence electrons. The second-order valence-corrected chi connectivity index (χ2v) is 8.12. The summed E-state index contributed by atoms with van der Waals surface area (Å²) in [7, 11) is 0. The quantitative estimate of drug-likeness (QED) is 0.431. The van der Waals surface area contributed by atoms with Crippen LogP contribution in [0.15, 0.2) is 53.3 Å². The number of aromatic amines is 2. The van der Waals surface area contributed by atoms with Crippen molar-refractivity contribution in [2.75, 3.05) is 6.54 Å². The van der Waals surface area contributed by atoms with Crippen LogP contribution in [0.3, 0.4) is 0 Å². The van der Waals surface area contributed by atoms with Crippen LogP contribution in [0.4, 0.5) is 4.39 Å². The molecular weight excluding hydrogens is 409 g/mol. The van der Waals surface area contributed by atoms with E-state index in [1.807, 2.05) is 24.3 Å². The van der Waals surface area contributed by atoms with Crippen LogP contribution in [0.5, 0.6) is 0 Å².